The zero-order chi connectivity index (χ0) is 12.0. The van der Waals surface area contributed by atoms with Crippen molar-refractivity contribution in [2.75, 3.05) is 45.4 Å². The first-order chi connectivity index (χ1) is 7.61. The molecule has 1 aliphatic rings. The number of thiol groups is 2. The van der Waals surface area contributed by atoms with Crippen molar-refractivity contribution in [1.82, 2.24) is 9.80 Å². The van der Waals surface area contributed by atoms with E-state index in [9.17, 15) is 0 Å². The fourth-order valence-corrected chi connectivity index (χ4v) is 4.02. The number of hydrogen-bond acceptors (Lipinski definition) is 3. The summed E-state index contributed by atoms with van der Waals surface area (Å²) in [5, 5.41) is 0. The first-order valence-corrected chi connectivity index (χ1v) is 9.55. The third kappa shape index (κ3) is 5.80. The minimum atomic E-state index is -0.0714. The second-order valence-corrected chi connectivity index (χ2v) is 8.77. The Morgan fingerprint density at radius 1 is 1.38 bits per heavy atom. The molecule has 0 aromatic heterocycles. The predicted molar refractivity (Wildman–Crippen MR) is 80.8 cm³/mol. The number of piperidine rings is 1. The summed E-state index contributed by atoms with van der Waals surface area (Å²) in [4.78, 5) is 5.08. The maximum Gasteiger partial charge on any atom is 0.0339 e. The average molecular weight is 265 g/mol. The van der Waals surface area contributed by atoms with E-state index < -0.39 is 0 Å². The molecule has 1 saturated heterocycles. The molecule has 0 aromatic rings. The van der Waals surface area contributed by atoms with Crippen LogP contribution in [0.5, 0.6) is 0 Å². The summed E-state index contributed by atoms with van der Waals surface area (Å²) < 4.78 is 0. The summed E-state index contributed by atoms with van der Waals surface area (Å²) >= 11 is 4.51. The van der Waals surface area contributed by atoms with Crippen molar-refractivity contribution in [3.8, 4) is 0 Å². The molecule has 16 heavy (non-hydrogen) atoms. The lowest BCUT2D eigenvalue weighted by Crippen LogP contribution is -2.38. The largest absolute Gasteiger partial charge is 0.303 e. The molecule has 98 valence electrons. The van der Waals surface area contributed by atoms with E-state index in [1.54, 1.807) is 0 Å². The van der Waals surface area contributed by atoms with Crippen molar-refractivity contribution in [3.63, 3.8) is 0 Å². The highest BCUT2D eigenvalue weighted by atomic mass is 33.1. The summed E-state index contributed by atoms with van der Waals surface area (Å²) in [5.74, 6) is 2.09. The van der Waals surface area contributed by atoms with Crippen molar-refractivity contribution >= 4 is 21.6 Å². The van der Waals surface area contributed by atoms with Crippen LogP contribution in [0.4, 0.5) is 0 Å². The van der Waals surface area contributed by atoms with Crippen LogP contribution in [0, 0.1) is 5.92 Å². The van der Waals surface area contributed by atoms with E-state index in [-0.39, 0.29) is 9.93 Å². The van der Waals surface area contributed by atoms with Crippen molar-refractivity contribution in [1.29, 1.82) is 0 Å². The van der Waals surface area contributed by atoms with Gasteiger partial charge >= 0.3 is 0 Å². The van der Waals surface area contributed by atoms with E-state index in [1.807, 2.05) is 0 Å². The molecular weight excluding hydrogens is 236 g/mol. The molecule has 0 aliphatic carbocycles. The summed E-state index contributed by atoms with van der Waals surface area (Å²) in [5.41, 5.74) is 0. The van der Waals surface area contributed by atoms with Gasteiger partial charge in [0.25, 0.3) is 0 Å². The van der Waals surface area contributed by atoms with Crippen molar-refractivity contribution < 1.29 is 0 Å². The van der Waals surface area contributed by atoms with Crippen LogP contribution < -0.4 is 0 Å². The Bertz CT molecular complexity index is 180. The van der Waals surface area contributed by atoms with Crippen LogP contribution >= 0.6 is 21.6 Å². The first-order valence-electron chi connectivity index (χ1n) is 6.42. The molecule has 2 nitrogen and oxygen atoms in total. The van der Waals surface area contributed by atoms with E-state index in [0.29, 0.717) is 0 Å². The van der Waals surface area contributed by atoms with Gasteiger partial charge in [-0.25, -0.2) is 0 Å². The molecule has 1 aliphatic heterocycles. The second kappa shape index (κ2) is 7.85. The third-order valence-electron chi connectivity index (χ3n) is 3.26. The summed E-state index contributed by atoms with van der Waals surface area (Å²) in [6.07, 6.45) is 6.31. The standard InChI is InChI=1S/C12H28N2S2/c1-4-7-14-8-5-12(6-9-14)10-13(2)11-16(3)15/h12,15-16H,4-11H2,1-3H3. The maximum absolute atomic E-state index is 4.51. The Morgan fingerprint density at radius 2 is 2.00 bits per heavy atom. The fraction of sp³-hybridized carbons (Fsp3) is 1.00. The second-order valence-electron chi connectivity index (χ2n) is 5.12. The molecule has 1 fully saturated rings. The Kier molecular flexibility index (Phi) is 7.20. The number of likely N-dealkylation sites (tertiary alicyclic amines) is 1. The van der Waals surface area contributed by atoms with Gasteiger partial charge in [-0.3, -0.25) is 4.90 Å². The molecule has 4 heteroatoms. The Morgan fingerprint density at radius 3 is 2.50 bits per heavy atom. The van der Waals surface area contributed by atoms with Gasteiger partial charge < -0.3 is 4.90 Å². The van der Waals surface area contributed by atoms with E-state index in [1.165, 1.54) is 51.3 Å². The van der Waals surface area contributed by atoms with Gasteiger partial charge in [-0.1, -0.05) is 6.92 Å². The topological polar surface area (TPSA) is 6.48 Å². The van der Waals surface area contributed by atoms with E-state index in [4.69, 9.17) is 0 Å². The monoisotopic (exact) mass is 264 g/mol. The molecule has 0 amide bonds. The van der Waals surface area contributed by atoms with Gasteiger partial charge in [0.2, 0.25) is 0 Å². The van der Waals surface area contributed by atoms with Crippen molar-refractivity contribution in [2.45, 2.75) is 26.2 Å². The molecular formula is C12H28N2S2. The van der Waals surface area contributed by atoms with Crippen molar-refractivity contribution in [3.05, 3.63) is 0 Å². The lowest BCUT2D eigenvalue weighted by atomic mass is 9.96. The summed E-state index contributed by atoms with van der Waals surface area (Å²) in [6, 6.07) is 0. The highest BCUT2D eigenvalue weighted by Gasteiger charge is 2.19. The van der Waals surface area contributed by atoms with Crippen LogP contribution in [-0.4, -0.2) is 55.2 Å². The van der Waals surface area contributed by atoms with Gasteiger partial charge in [-0.2, -0.15) is 9.93 Å². The van der Waals surface area contributed by atoms with Gasteiger partial charge in [-0.05, 0) is 58.1 Å². The third-order valence-corrected chi connectivity index (χ3v) is 4.53. The Labute approximate surface area is 109 Å². The van der Waals surface area contributed by atoms with Crippen LogP contribution in [-0.2, 0) is 0 Å². The molecule has 0 spiro atoms. The normalized spacial score (nSPS) is 22.7. The van der Waals surface area contributed by atoms with Gasteiger partial charge in [0.05, 0.1) is 0 Å². The molecule has 0 radical (unpaired) electrons. The molecule has 1 unspecified atom stereocenters. The smallest absolute Gasteiger partial charge is 0.0339 e. The van der Waals surface area contributed by atoms with Crippen LogP contribution in [0.15, 0.2) is 0 Å². The van der Waals surface area contributed by atoms with E-state index in [2.05, 4.69) is 41.7 Å². The van der Waals surface area contributed by atoms with Gasteiger partial charge in [0, 0.05) is 12.4 Å². The molecule has 1 heterocycles. The quantitative estimate of drug-likeness (QED) is 0.562. The fourth-order valence-electron chi connectivity index (χ4n) is 2.56. The number of nitrogens with zero attached hydrogens (tertiary/aromatic N) is 2. The van der Waals surface area contributed by atoms with Crippen LogP contribution in [0.1, 0.15) is 26.2 Å². The van der Waals surface area contributed by atoms with Gasteiger partial charge in [-0.15, -0.1) is 11.7 Å². The molecule has 0 bridgehead atoms. The predicted octanol–water partition coefficient (Wildman–Crippen LogP) is 2.47. The Hall–Kier alpha value is 0.620. The Balaban J connectivity index is 2.16. The zero-order valence-electron chi connectivity index (χ0n) is 11.0. The highest BCUT2D eigenvalue weighted by molar-refractivity contribution is 8.77. The number of rotatable bonds is 6. The molecule has 1 atom stereocenters. The van der Waals surface area contributed by atoms with Gasteiger partial charge in [0.1, 0.15) is 0 Å². The van der Waals surface area contributed by atoms with E-state index >= 15 is 0 Å². The lowest BCUT2D eigenvalue weighted by molar-refractivity contribution is 0.161. The first kappa shape index (κ1) is 14.7. The van der Waals surface area contributed by atoms with Crippen LogP contribution in [0.25, 0.3) is 0 Å². The average Bonchev–Trinajstić information content (AvgIpc) is 2.20. The van der Waals surface area contributed by atoms with Crippen LogP contribution in [0.3, 0.4) is 0 Å². The molecule has 1 rings (SSSR count). The van der Waals surface area contributed by atoms with Crippen molar-refractivity contribution in [2.24, 2.45) is 5.92 Å². The summed E-state index contributed by atoms with van der Waals surface area (Å²) in [6.45, 7) is 7.46. The molecule has 0 aromatic carbocycles. The zero-order valence-corrected chi connectivity index (χ0v) is 12.8. The minimum Gasteiger partial charge on any atom is -0.303 e. The highest BCUT2D eigenvalue weighted by Crippen LogP contribution is 2.26. The molecule has 0 N–H and O–H groups in total. The molecule has 0 saturated carbocycles. The number of hydrogen-bond donors (Lipinski definition) is 2. The minimum absolute atomic E-state index is 0.0714. The van der Waals surface area contributed by atoms with Crippen LogP contribution in [0.2, 0.25) is 0 Å². The summed E-state index contributed by atoms with van der Waals surface area (Å²) in [7, 11) is 2.17. The van der Waals surface area contributed by atoms with Gasteiger partial charge in [0.15, 0.2) is 0 Å². The SMILES string of the molecule is CCCN1CCC(CN(C)C[SH](C)S)CC1. The maximum atomic E-state index is 4.51. The lowest BCUT2D eigenvalue weighted by Gasteiger charge is -2.34. The van der Waals surface area contributed by atoms with E-state index in [0.717, 1.165) is 5.92 Å².